The molecule has 2 nitrogen and oxygen atoms in total. The van der Waals surface area contributed by atoms with Crippen molar-refractivity contribution < 1.29 is 9.90 Å². The molecule has 0 saturated heterocycles. The van der Waals surface area contributed by atoms with Crippen LogP contribution in [0.4, 0.5) is 0 Å². The molecule has 0 aromatic carbocycles. The minimum atomic E-state index is -0.693. The van der Waals surface area contributed by atoms with E-state index in [1.807, 2.05) is 6.92 Å². The van der Waals surface area contributed by atoms with Crippen molar-refractivity contribution in [1.29, 1.82) is 0 Å². The topological polar surface area (TPSA) is 37.3 Å². The molecule has 0 spiro atoms. The molecule has 0 aromatic rings. The van der Waals surface area contributed by atoms with Crippen molar-refractivity contribution in [2.24, 2.45) is 0 Å². The Hall–Kier alpha value is -0.790. The van der Waals surface area contributed by atoms with Gasteiger partial charge in [-0.25, -0.2) is 0 Å². The zero-order valence-electron chi connectivity index (χ0n) is 9.05. The summed E-state index contributed by atoms with van der Waals surface area (Å²) in [5.41, 5.74) is 0. The van der Waals surface area contributed by atoms with Gasteiger partial charge in [0.1, 0.15) is 0 Å². The molecule has 0 amide bonds. The van der Waals surface area contributed by atoms with Crippen LogP contribution in [0.25, 0.3) is 0 Å². The largest absolute Gasteiger partial charge is 0.481 e. The molecule has 0 aliphatic heterocycles. The summed E-state index contributed by atoms with van der Waals surface area (Å²) in [5.74, 6) is -0.693. The van der Waals surface area contributed by atoms with E-state index in [1.54, 1.807) is 0 Å². The fraction of sp³-hybridized carbons (Fsp3) is 0.727. The van der Waals surface area contributed by atoms with E-state index >= 15 is 0 Å². The first-order chi connectivity index (χ1) is 6.18. The van der Waals surface area contributed by atoms with Crippen LogP contribution < -0.4 is 0 Å². The Morgan fingerprint density at radius 3 is 1.77 bits per heavy atom. The number of hydrogen-bond donors (Lipinski definition) is 1. The van der Waals surface area contributed by atoms with Gasteiger partial charge in [-0.2, -0.15) is 0 Å². The van der Waals surface area contributed by atoms with E-state index in [9.17, 15) is 4.79 Å². The average Bonchev–Trinajstić information content (AvgIpc) is 2.12. The van der Waals surface area contributed by atoms with Gasteiger partial charge in [0, 0.05) is 6.42 Å². The van der Waals surface area contributed by atoms with Crippen molar-refractivity contribution in [3.05, 3.63) is 12.2 Å². The second-order valence-corrected chi connectivity index (χ2v) is 2.79. The molecule has 0 radical (unpaired) electrons. The molecule has 0 saturated carbocycles. The summed E-state index contributed by atoms with van der Waals surface area (Å²) in [6.07, 6.45) is 8.79. The van der Waals surface area contributed by atoms with E-state index in [4.69, 9.17) is 5.11 Å². The number of rotatable bonds is 5. The molecule has 0 aliphatic rings. The van der Waals surface area contributed by atoms with Gasteiger partial charge in [-0.15, -0.1) is 0 Å². The van der Waals surface area contributed by atoms with E-state index in [1.165, 1.54) is 12.8 Å². The lowest BCUT2D eigenvalue weighted by molar-refractivity contribution is -0.137. The van der Waals surface area contributed by atoms with Crippen LogP contribution >= 0.6 is 0 Å². The second-order valence-electron chi connectivity index (χ2n) is 2.79. The smallest absolute Gasteiger partial charge is 0.303 e. The first kappa shape index (κ1) is 14.7. The van der Waals surface area contributed by atoms with Gasteiger partial charge in [0.2, 0.25) is 0 Å². The van der Waals surface area contributed by atoms with E-state index in [2.05, 4.69) is 26.0 Å². The third-order valence-corrected chi connectivity index (χ3v) is 1.38. The van der Waals surface area contributed by atoms with Crippen LogP contribution in [0.2, 0.25) is 0 Å². The first-order valence-corrected chi connectivity index (χ1v) is 5.05. The normalized spacial score (nSPS) is 9.46. The number of carboxylic acid groups (broad SMARTS) is 1. The van der Waals surface area contributed by atoms with Crippen molar-refractivity contribution >= 4 is 5.97 Å². The first-order valence-electron chi connectivity index (χ1n) is 5.05. The van der Waals surface area contributed by atoms with Crippen molar-refractivity contribution in [3.63, 3.8) is 0 Å². The molecule has 0 bridgehead atoms. The molecule has 0 atom stereocenters. The van der Waals surface area contributed by atoms with Crippen molar-refractivity contribution in [2.75, 3.05) is 0 Å². The van der Waals surface area contributed by atoms with Crippen LogP contribution in [0.3, 0.4) is 0 Å². The molecule has 2 heteroatoms. The monoisotopic (exact) mass is 186 g/mol. The van der Waals surface area contributed by atoms with Gasteiger partial charge in [0.05, 0.1) is 0 Å². The van der Waals surface area contributed by atoms with E-state index in [0.717, 1.165) is 12.8 Å². The molecular formula is C11H22O2. The zero-order chi connectivity index (χ0) is 10.5. The predicted molar refractivity (Wildman–Crippen MR) is 56.9 cm³/mol. The fourth-order valence-corrected chi connectivity index (χ4v) is 0.661. The molecule has 0 aliphatic carbocycles. The van der Waals surface area contributed by atoms with Gasteiger partial charge < -0.3 is 5.11 Å². The highest BCUT2D eigenvalue weighted by atomic mass is 16.4. The summed E-state index contributed by atoms with van der Waals surface area (Å²) in [6, 6.07) is 0. The summed E-state index contributed by atoms with van der Waals surface area (Å²) in [7, 11) is 0. The van der Waals surface area contributed by atoms with Crippen LogP contribution in [0.15, 0.2) is 12.2 Å². The highest BCUT2D eigenvalue weighted by Gasteiger charge is 1.90. The fourth-order valence-electron chi connectivity index (χ4n) is 0.661. The molecule has 13 heavy (non-hydrogen) atoms. The number of carboxylic acids is 1. The number of carbonyl (C=O) groups is 1. The predicted octanol–water partition coefficient (Wildman–Crippen LogP) is 3.62. The Morgan fingerprint density at radius 2 is 1.62 bits per heavy atom. The molecule has 0 aromatic heterocycles. The molecule has 0 heterocycles. The van der Waals surface area contributed by atoms with Crippen molar-refractivity contribution in [3.8, 4) is 0 Å². The second kappa shape index (κ2) is 13.8. The number of allylic oxidation sites excluding steroid dienone is 2. The van der Waals surface area contributed by atoms with Crippen molar-refractivity contribution in [2.45, 2.75) is 52.9 Å². The maximum absolute atomic E-state index is 9.76. The van der Waals surface area contributed by atoms with Crippen LogP contribution in [0.5, 0.6) is 0 Å². The third kappa shape index (κ3) is 24.7. The lowest BCUT2D eigenvalue weighted by atomic mass is 10.3. The molecule has 0 rings (SSSR count). The Bertz CT molecular complexity index is 122. The third-order valence-electron chi connectivity index (χ3n) is 1.38. The van der Waals surface area contributed by atoms with Gasteiger partial charge in [-0.1, -0.05) is 39.3 Å². The van der Waals surface area contributed by atoms with Gasteiger partial charge >= 0.3 is 5.97 Å². The Labute approximate surface area is 81.7 Å². The molecule has 1 N–H and O–H groups in total. The van der Waals surface area contributed by atoms with Crippen LogP contribution in [0, 0.1) is 0 Å². The standard InChI is InChI=1S/C6H12.C5H10O2/c1-3-5-6-4-2;1-2-3-4-5(6)7/h5-6H,3-4H2,1-2H3;2-4H2,1H3,(H,6,7)/b6-5-;. The maximum Gasteiger partial charge on any atom is 0.303 e. The minimum Gasteiger partial charge on any atom is -0.481 e. The molecule has 0 fully saturated rings. The summed E-state index contributed by atoms with van der Waals surface area (Å²) < 4.78 is 0. The Kier molecular flexibility index (Phi) is 15.6. The number of hydrogen-bond acceptors (Lipinski definition) is 1. The quantitative estimate of drug-likeness (QED) is 0.666. The SMILES string of the molecule is CC/C=C\CC.CCCCC(=O)O. The lowest BCUT2D eigenvalue weighted by Crippen LogP contribution is -1.91. The maximum atomic E-state index is 9.76. The van der Waals surface area contributed by atoms with Crippen LogP contribution in [-0.4, -0.2) is 11.1 Å². The summed E-state index contributed by atoms with van der Waals surface area (Å²) >= 11 is 0. The Morgan fingerprint density at radius 1 is 1.15 bits per heavy atom. The van der Waals surface area contributed by atoms with Crippen molar-refractivity contribution in [1.82, 2.24) is 0 Å². The van der Waals surface area contributed by atoms with Crippen LogP contribution in [-0.2, 0) is 4.79 Å². The zero-order valence-corrected chi connectivity index (χ0v) is 9.05. The van der Waals surface area contributed by atoms with Gasteiger partial charge in [0.15, 0.2) is 0 Å². The molecule has 0 unspecified atom stereocenters. The number of aliphatic carboxylic acids is 1. The average molecular weight is 186 g/mol. The highest BCUT2D eigenvalue weighted by molar-refractivity contribution is 5.66. The lowest BCUT2D eigenvalue weighted by Gasteiger charge is -1.85. The minimum absolute atomic E-state index is 0.316. The van der Waals surface area contributed by atoms with Crippen LogP contribution in [0.1, 0.15) is 52.9 Å². The summed E-state index contributed by atoms with van der Waals surface area (Å²) in [6.45, 7) is 6.27. The van der Waals surface area contributed by atoms with Gasteiger partial charge in [0.25, 0.3) is 0 Å². The number of unbranched alkanes of at least 4 members (excludes halogenated alkanes) is 1. The van der Waals surface area contributed by atoms with E-state index in [-0.39, 0.29) is 0 Å². The van der Waals surface area contributed by atoms with E-state index < -0.39 is 5.97 Å². The molecular weight excluding hydrogens is 164 g/mol. The van der Waals surface area contributed by atoms with Gasteiger partial charge in [-0.3, -0.25) is 4.79 Å². The highest BCUT2D eigenvalue weighted by Crippen LogP contribution is 1.91. The Balaban J connectivity index is 0. The van der Waals surface area contributed by atoms with E-state index in [0.29, 0.717) is 6.42 Å². The summed E-state index contributed by atoms with van der Waals surface area (Å²) in [5, 5.41) is 8.04. The van der Waals surface area contributed by atoms with Gasteiger partial charge in [-0.05, 0) is 19.3 Å². The summed E-state index contributed by atoms with van der Waals surface area (Å²) in [4.78, 5) is 9.76. The molecule has 78 valence electrons.